The van der Waals surface area contributed by atoms with Crippen molar-refractivity contribution in [2.75, 3.05) is 0 Å². The van der Waals surface area contributed by atoms with E-state index >= 15 is 0 Å². The standard InChI is InChI=1S/C10H9ClO2/c1-2-9(12)7-4-3-5-8(6-7)10(11)13/h3-6H,2H2,1H3. The molecule has 68 valence electrons. The third-order valence-electron chi connectivity index (χ3n) is 1.73. The molecule has 0 radical (unpaired) electrons. The maximum Gasteiger partial charge on any atom is 0.252 e. The van der Waals surface area contributed by atoms with Gasteiger partial charge in [-0.3, -0.25) is 9.59 Å². The van der Waals surface area contributed by atoms with Crippen molar-refractivity contribution >= 4 is 22.6 Å². The molecule has 0 bridgehead atoms. The SMILES string of the molecule is CCC(=O)c1cccc(C(=O)Cl)c1. The summed E-state index contributed by atoms with van der Waals surface area (Å²) in [4.78, 5) is 22.0. The molecule has 0 fully saturated rings. The summed E-state index contributed by atoms with van der Waals surface area (Å²) in [5, 5.41) is -0.536. The molecule has 0 aromatic heterocycles. The Bertz CT molecular complexity index is 345. The molecule has 0 saturated carbocycles. The van der Waals surface area contributed by atoms with Crippen LogP contribution in [0.5, 0.6) is 0 Å². The van der Waals surface area contributed by atoms with Crippen molar-refractivity contribution in [2.24, 2.45) is 0 Å². The van der Waals surface area contributed by atoms with Crippen LogP contribution in [0.4, 0.5) is 0 Å². The van der Waals surface area contributed by atoms with E-state index in [1.807, 2.05) is 0 Å². The normalized spacial score (nSPS) is 9.69. The molecule has 1 rings (SSSR count). The molecule has 0 atom stereocenters. The number of carbonyl (C=O) groups excluding carboxylic acids is 2. The van der Waals surface area contributed by atoms with Gasteiger partial charge in [-0.15, -0.1) is 0 Å². The van der Waals surface area contributed by atoms with Crippen LogP contribution < -0.4 is 0 Å². The number of ketones is 1. The van der Waals surface area contributed by atoms with Crippen molar-refractivity contribution in [3.8, 4) is 0 Å². The molecule has 0 aliphatic carbocycles. The zero-order valence-electron chi connectivity index (χ0n) is 7.21. The summed E-state index contributed by atoms with van der Waals surface area (Å²) in [5.74, 6) is 0.0137. The van der Waals surface area contributed by atoms with Gasteiger partial charge in [-0.25, -0.2) is 0 Å². The fourth-order valence-electron chi connectivity index (χ4n) is 1.02. The van der Waals surface area contributed by atoms with E-state index in [0.29, 0.717) is 17.5 Å². The van der Waals surface area contributed by atoms with Gasteiger partial charge < -0.3 is 0 Å². The van der Waals surface area contributed by atoms with Crippen LogP contribution >= 0.6 is 11.6 Å². The minimum atomic E-state index is -0.536. The van der Waals surface area contributed by atoms with E-state index in [-0.39, 0.29) is 5.78 Å². The molecular formula is C10H9ClO2. The number of hydrogen-bond acceptors (Lipinski definition) is 2. The van der Waals surface area contributed by atoms with Crippen molar-refractivity contribution in [3.05, 3.63) is 35.4 Å². The van der Waals surface area contributed by atoms with Crippen LogP contribution in [-0.4, -0.2) is 11.0 Å². The van der Waals surface area contributed by atoms with Crippen molar-refractivity contribution in [1.29, 1.82) is 0 Å². The Kier molecular flexibility index (Phi) is 3.20. The van der Waals surface area contributed by atoms with E-state index in [1.165, 1.54) is 6.07 Å². The number of benzene rings is 1. The summed E-state index contributed by atoms with van der Waals surface area (Å²) in [6.45, 7) is 1.78. The number of hydrogen-bond donors (Lipinski definition) is 0. The zero-order valence-corrected chi connectivity index (χ0v) is 7.97. The quantitative estimate of drug-likeness (QED) is 0.550. The second-order valence-corrected chi connectivity index (χ2v) is 2.97. The van der Waals surface area contributed by atoms with E-state index in [0.717, 1.165) is 0 Å². The van der Waals surface area contributed by atoms with Crippen LogP contribution in [0.1, 0.15) is 34.1 Å². The molecular weight excluding hydrogens is 188 g/mol. The average molecular weight is 197 g/mol. The van der Waals surface area contributed by atoms with Gasteiger partial charge in [0.1, 0.15) is 0 Å². The largest absolute Gasteiger partial charge is 0.294 e. The summed E-state index contributed by atoms with van der Waals surface area (Å²) in [5.41, 5.74) is 0.898. The smallest absolute Gasteiger partial charge is 0.252 e. The highest BCUT2D eigenvalue weighted by Crippen LogP contribution is 2.09. The van der Waals surface area contributed by atoms with Gasteiger partial charge in [0.25, 0.3) is 5.24 Å². The average Bonchev–Trinajstić information content (AvgIpc) is 2.17. The van der Waals surface area contributed by atoms with Crippen molar-refractivity contribution in [1.82, 2.24) is 0 Å². The van der Waals surface area contributed by atoms with E-state index in [9.17, 15) is 9.59 Å². The van der Waals surface area contributed by atoms with Crippen LogP contribution in [0.15, 0.2) is 24.3 Å². The van der Waals surface area contributed by atoms with Gasteiger partial charge in [0.15, 0.2) is 5.78 Å². The summed E-state index contributed by atoms with van der Waals surface area (Å²) in [6, 6.07) is 6.43. The van der Waals surface area contributed by atoms with Gasteiger partial charge in [0.05, 0.1) is 0 Å². The molecule has 0 amide bonds. The minimum Gasteiger partial charge on any atom is -0.294 e. The molecule has 0 heterocycles. The van der Waals surface area contributed by atoms with Gasteiger partial charge in [-0.2, -0.15) is 0 Å². The van der Waals surface area contributed by atoms with Gasteiger partial charge in [0, 0.05) is 17.5 Å². The Balaban J connectivity index is 3.05. The van der Waals surface area contributed by atoms with Gasteiger partial charge >= 0.3 is 0 Å². The lowest BCUT2D eigenvalue weighted by Crippen LogP contribution is -1.98. The van der Waals surface area contributed by atoms with Crippen LogP contribution in [0.3, 0.4) is 0 Å². The summed E-state index contributed by atoms with van der Waals surface area (Å²) in [6.07, 6.45) is 0.430. The van der Waals surface area contributed by atoms with Gasteiger partial charge in [-0.05, 0) is 17.7 Å². The molecule has 0 unspecified atom stereocenters. The first-order chi connectivity index (χ1) is 6.15. The third-order valence-corrected chi connectivity index (χ3v) is 1.95. The molecule has 2 nitrogen and oxygen atoms in total. The molecule has 0 N–H and O–H groups in total. The van der Waals surface area contributed by atoms with Gasteiger partial charge in [0.2, 0.25) is 0 Å². The Labute approximate surface area is 81.5 Å². The highest BCUT2D eigenvalue weighted by Gasteiger charge is 2.06. The van der Waals surface area contributed by atoms with Crippen LogP contribution in [-0.2, 0) is 0 Å². The molecule has 0 aliphatic rings. The fourth-order valence-corrected chi connectivity index (χ4v) is 1.14. The highest BCUT2D eigenvalue weighted by atomic mass is 35.5. The summed E-state index contributed by atoms with van der Waals surface area (Å²) >= 11 is 5.27. The van der Waals surface area contributed by atoms with Crippen LogP contribution in [0, 0.1) is 0 Å². The maximum absolute atomic E-state index is 11.2. The third kappa shape index (κ3) is 2.39. The first-order valence-electron chi connectivity index (χ1n) is 3.98. The number of rotatable bonds is 3. The molecule has 1 aromatic rings. The Morgan fingerprint density at radius 1 is 1.31 bits per heavy atom. The van der Waals surface area contributed by atoms with Crippen molar-refractivity contribution in [2.45, 2.75) is 13.3 Å². The first kappa shape index (κ1) is 9.93. The predicted octanol–water partition coefficient (Wildman–Crippen LogP) is 2.66. The maximum atomic E-state index is 11.2. The minimum absolute atomic E-state index is 0.0137. The van der Waals surface area contributed by atoms with E-state index in [2.05, 4.69) is 0 Å². The van der Waals surface area contributed by atoms with Crippen LogP contribution in [0.25, 0.3) is 0 Å². The second-order valence-electron chi connectivity index (χ2n) is 2.63. The first-order valence-corrected chi connectivity index (χ1v) is 4.36. The number of Topliss-reactive ketones (excluding diaryl/α,β-unsaturated/α-hetero) is 1. The zero-order chi connectivity index (χ0) is 9.84. The molecule has 0 saturated heterocycles. The van der Waals surface area contributed by atoms with E-state index in [4.69, 9.17) is 11.6 Å². The lowest BCUT2D eigenvalue weighted by atomic mass is 10.1. The Morgan fingerprint density at radius 3 is 2.46 bits per heavy atom. The number of halogens is 1. The fraction of sp³-hybridized carbons (Fsp3) is 0.200. The Morgan fingerprint density at radius 2 is 1.92 bits per heavy atom. The van der Waals surface area contributed by atoms with Crippen LogP contribution in [0.2, 0.25) is 0 Å². The lowest BCUT2D eigenvalue weighted by molar-refractivity contribution is 0.0988. The lowest BCUT2D eigenvalue weighted by Gasteiger charge is -1.98. The highest BCUT2D eigenvalue weighted by molar-refractivity contribution is 6.67. The summed E-state index contributed by atoms with van der Waals surface area (Å²) < 4.78 is 0. The Hall–Kier alpha value is -1.15. The monoisotopic (exact) mass is 196 g/mol. The topological polar surface area (TPSA) is 34.1 Å². The van der Waals surface area contributed by atoms with Gasteiger partial charge in [-0.1, -0.05) is 25.1 Å². The van der Waals surface area contributed by atoms with E-state index < -0.39 is 5.24 Å². The molecule has 3 heteroatoms. The number of carbonyl (C=O) groups is 2. The second kappa shape index (κ2) is 4.19. The molecule has 0 aliphatic heterocycles. The molecule has 0 spiro atoms. The molecule has 1 aromatic carbocycles. The van der Waals surface area contributed by atoms with E-state index in [1.54, 1.807) is 25.1 Å². The predicted molar refractivity (Wildman–Crippen MR) is 51.2 cm³/mol. The van der Waals surface area contributed by atoms with Crippen molar-refractivity contribution < 1.29 is 9.59 Å². The van der Waals surface area contributed by atoms with Crippen molar-refractivity contribution in [3.63, 3.8) is 0 Å². The molecule has 13 heavy (non-hydrogen) atoms. The summed E-state index contributed by atoms with van der Waals surface area (Å²) in [7, 11) is 0.